The Morgan fingerprint density at radius 3 is 2.03 bits per heavy atom. The lowest BCUT2D eigenvalue weighted by Gasteiger charge is -2.11. The summed E-state index contributed by atoms with van der Waals surface area (Å²) >= 11 is 0. The molecule has 0 aliphatic carbocycles. The fourth-order valence-electron chi connectivity index (χ4n) is 1.90. The quantitative estimate of drug-likeness (QED) is 0.423. The van der Waals surface area contributed by atoms with Crippen molar-refractivity contribution in [3.63, 3.8) is 0 Å². The van der Waals surface area contributed by atoms with Crippen LogP contribution in [0, 0.1) is 0 Å². The second-order valence-corrected chi connectivity index (χ2v) is 5.42. The van der Waals surface area contributed by atoms with Gasteiger partial charge in [-0.3, -0.25) is 9.69 Å². The Balaban J connectivity index is 0.000000298. The van der Waals surface area contributed by atoms with E-state index in [1.165, 1.54) is 4.90 Å². The topological polar surface area (TPSA) is 140 Å². The van der Waals surface area contributed by atoms with Gasteiger partial charge in [0.25, 0.3) is 0 Å². The molecule has 1 aromatic rings. The van der Waals surface area contributed by atoms with Crippen molar-refractivity contribution in [3.8, 4) is 0 Å². The standard InChI is InChI=1S/C11H11NO4.C7H11NO5/c13-10(14)9-6-12(9)11(15)16-7-8-4-2-1-3-5-8;1-3-12-6(10)8(5-9)7(11)13-4-2/h1-5,9H,6-7H2,(H,13,14);5H,3-4H2,1-2H3. The molecule has 0 bridgehead atoms. The van der Waals surface area contributed by atoms with Crippen molar-refractivity contribution in [3.05, 3.63) is 35.9 Å². The van der Waals surface area contributed by atoms with Crippen molar-refractivity contribution in [1.29, 1.82) is 0 Å². The Kier molecular flexibility index (Phi) is 9.65. The highest BCUT2D eigenvalue weighted by Crippen LogP contribution is 2.19. The summed E-state index contributed by atoms with van der Waals surface area (Å²) in [7, 11) is 0. The van der Waals surface area contributed by atoms with Gasteiger partial charge in [0.2, 0.25) is 6.41 Å². The molecule has 0 saturated carbocycles. The lowest BCUT2D eigenvalue weighted by atomic mass is 10.2. The van der Waals surface area contributed by atoms with Crippen LogP contribution in [-0.4, -0.2) is 71.4 Å². The van der Waals surface area contributed by atoms with E-state index in [0.717, 1.165) is 5.56 Å². The number of hydrogen-bond donors (Lipinski definition) is 1. The zero-order valence-electron chi connectivity index (χ0n) is 16.0. The minimum absolute atomic E-state index is 0.0516. The molecule has 11 nitrogen and oxygen atoms in total. The average Bonchev–Trinajstić information content (AvgIpc) is 3.50. The van der Waals surface area contributed by atoms with Gasteiger partial charge < -0.3 is 19.3 Å². The van der Waals surface area contributed by atoms with E-state index in [1.807, 2.05) is 30.3 Å². The molecule has 1 fully saturated rings. The first-order chi connectivity index (χ1) is 13.8. The van der Waals surface area contributed by atoms with E-state index in [1.54, 1.807) is 13.8 Å². The number of amides is 4. The van der Waals surface area contributed by atoms with Gasteiger partial charge >= 0.3 is 24.2 Å². The lowest BCUT2D eigenvalue weighted by Crippen LogP contribution is -2.36. The van der Waals surface area contributed by atoms with E-state index in [9.17, 15) is 24.0 Å². The number of ether oxygens (including phenoxy) is 3. The molecule has 1 N–H and O–H groups in total. The van der Waals surface area contributed by atoms with E-state index in [0.29, 0.717) is 0 Å². The summed E-state index contributed by atoms with van der Waals surface area (Å²) in [6.45, 7) is 3.70. The number of carbonyl (C=O) groups excluding carboxylic acids is 4. The van der Waals surface area contributed by atoms with Gasteiger partial charge in [-0.25, -0.2) is 19.2 Å². The number of carbonyl (C=O) groups is 5. The minimum Gasteiger partial charge on any atom is -0.480 e. The summed E-state index contributed by atoms with van der Waals surface area (Å²) < 4.78 is 13.8. The van der Waals surface area contributed by atoms with Crippen molar-refractivity contribution < 1.29 is 43.3 Å². The molecule has 0 spiro atoms. The third-order valence-corrected chi connectivity index (χ3v) is 3.37. The molecule has 1 aromatic carbocycles. The van der Waals surface area contributed by atoms with Crippen LogP contribution in [0.4, 0.5) is 14.4 Å². The number of carboxylic acid groups (broad SMARTS) is 1. The maximum Gasteiger partial charge on any atom is 0.426 e. The normalized spacial score (nSPS) is 13.9. The van der Waals surface area contributed by atoms with Crippen molar-refractivity contribution >= 4 is 30.7 Å². The Hall–Kier alpha value is -3.63. The van der Waals surface area contributed by atoms with Crippen LogP contribution in [0.1, 0.15) is 19.4 Å². The Bertz CT molecular complexity index is 705. The van der Waals surface area contributed by atoms with Crippen LogP contribution in [0.2, 0.25) is 0 Å². The van der Waals surface area contributed by atoms with Crippen molar-refractivity contribution in [2.24, 2.45) is 0 Å². The molecule has 1 heterocycles. The zero-order chi connectivity index (χ0) is 21.8. The van der Waals surface area contributed by atoms with Crippen molar-refractivity contribution in [2.75, 3.05) is 19.8 Å². The molecule has 1 unspecified atom stereocenters. The third kappa shape index (κ3) is 7.87. The summed E-state index contributed by atoms with van der Waals surface area (Å²) in [6, 6.07) is 8.54. The van der Waals surface area contributed by atoms with Crippen LogP contribution in [0.3, 0.4) is 0 Å². The first kappa shape index (κ1) is 23.4. The Labute approximate surface area is 166 Å². The third-order valence-electron chi connectivity index (χ3n) is 3.37. The largest absolute Gasteiger partial charge is 0.480 e. The van der Waals surface area contributed by atoms with Gasteiger partial charge in [-0.15, -0.1) is 4.90 Å². The maximum atomic E-state index is 11.3. The summed E-state index contributed by atoms with van der Waals surface area (Å²) in [4.78, 5) is 55.2. The fourth-order valence-corrected chi connectivity index (χ4v) is 1.90. The molecule has 158 valence electrons. The van der Waals surface area contributed by atoms with Crippen LogP contribution >= 0.6 is 0 Å². The predicted molar refractivity (Wildman–Crippen MR) is 96.7 cm³/mol. The molecule has 29 heavy (non-hydrogen) atoms. The average molecular weight is 410 g/mol. The SMILES string of the molecule is CCOC(=O)N(C=O)C(=O)OCC.O=C(O)C1CN1C(=O)OCc1ccccc1. The zero-order valence-corrected chi connectivity index (χ0v) is 16.0. The number of rotatable bonds is 6. The van der Waals surface area contributed by atoms with Crippen LogP contribution in [0.15, 0.2) is 30.3 Å². The first-order valence-electron chi connectivity index (χ1n) is 8.63. The molecule has 0 radical (unpaired) electrons. The fraction of sp³-hybridized carbons (Fsp3) is 0.389. The van der Waals surface area contributed by atoms with Crippen molar-refractivity contribution in [1.82, 2.24) is 9.80 Å². The molecule has 1 atom stereocenters. The number of aliphatic carboxylic acids is 1. The number of hydrogen-bond acceptors (Lipinski definition) is 8. The van der Waals surface area contributed by atoms with Gasteiger partial charge in [-0.1, -0.05) is 30.3 Å². The highest BCUT2D eigenvalue weighted by Gasteiger charge is 2.45. The molecule has 0 aromatic heterocycles. The number of nitrogens with zero attached hydrogens (tertiary/aromatic N) is 2. The van der Waals surface area contributed by atoms with Gasteiger partial charge in [0.1, 0.15) is 6.61 Å². The summed E-state index contributed by atoms with van der Waals surface area (Å²) in [6.07, 6.45) is -2.58. The number of benzene rings is 1. The van der Waals surface area contributed by atoms with Crippen LogP contribution in [0.5, 0.6) is 0 Å². The molecule has 2 rings (SSSR count). The van der Waals surface area contributed by atoms with Gasteiger partial charge in [-0.2, -0.15) is 0 Å². The van der Waals surface area contributed by atoms with Crippen LogP contribution in [0.25, 0.3) is 0 Å². The second-order valence-electron chi connectivity index (χ2n) is 5.42. The maximum absolute atomic E-state index is 11.3. The highest BCUT2D eigenvalue weighted by molar-refractivity contribution is 5.98. The van der Waals surface area contributed by atoms with E-state index < -0.39 is 30.3 Å². The molecular formula is C18H22N2O9. The first-order valence-corrected chi connectivity index (χ1v) is 8.63. The molecular weight excluding hydrogens is 388 g/mol. The molecule has 1 saturated heterocycles. The lowest BCUT2D eigenvalue weighted by molar-refractivity contribution is -0.137. The smallest absolute Gasteiger partial charge is 0.426 e. The second kappa shape index (κ2) is 12.0. The number of imide groups is 3. The minimum atomic E-state index is -1.03. The van der Waals surface area contributed by atoms with E-state index in [2.05, 4.69) is 9.47 Å². The molecule has 11 heteroatoms. The van der Waals surface area contributed by atoms with Crippen LogP contribution in [-0.2, 0) is 30.4 Å². The van der Waals surface area contributed by atoms with Gasteiger partial charge in [-0.05, 0) is 19.4 Å². The van der Waals surface area contributed by atoms with Gasteiger partial charge in [0.15, 0.2) is 6.04 Å². The predicted octanol–water partition coefficient (Wildman–Crippen LogP) is 1.85. The summed E-state index contributed by atoms with van der Waals surface area (Å²) in [5.41, 5.74) is 0.879. The molecule has 1 aliphatic heterocycles. The van der Waals surface area contributed by atoms with E-state index in [-0.39, 0.29) is 37.7 Å². The van der Waals surface area contributed by atoms with Gasteiger partial charge in [0.05, 0.1) is 19.8 Å². The van der Waals surface area contributed by atoms with Crippen LogP contribution < -0.4 is 0 Å². The van der Waals surface area contributed by atoms with Crippen molar-refractivity contribution in [2.45, 2.75) is 26.5 Å². The Morgan fingerprint density at radius 2 is 1.62 bits per heavy atom. The summed E-state index contributed by atoms with van der Waals surface area (Å²) in [5, 5.41) is 8.61. The Morgan fingerprint density at radius 1 is 1.07 bits per heavy atom. The molecule has 4 amide bonds. The number of carboxylic acids is 1. The van der Waals surface area contributed by atoms with E-state index in [4.69, 9.17) is 9.84 Å². The highest BCUT2D eigenvalue weighted by atomic mass is 16.6. The van der Waals surface area contributed by atoms with E-state index >= 15 is 0 Å². The monoisotopic (exact) mass is 410 g/mol. The summed E-state index contributed by atoms with van der Waals surface area (Å²) in [5.74, 6) is -0.989. The molecule has 1 aliphatic rings. The van der Waals surface area contributed by atoms with Gasteiger partial charge in [0, 0.05) is 0 Å².